The number of carbonyl (C=O) groups is 3. The van der Waals surface area contributed by atoms with E-state index in [4.69, 9.17) is 26.8 Å². The standard InChI is InChI=1S/C27H27ClN4O6/c1-2-37-27-21(15-23(33)38-27)31-25(35)22(13-16-7-4-3-5-8-16)32-12-6-9-20(26(32)36)30-24(34)17-10-11-19(29)18(28)14-17/h3-12,14,21-22,27H,2,13,15,29H2,1H3,(H,30,34)(H,31,35)/t21-,22+,27+/m0/s1. The van der Waals surface area contributed by atoms with Crippen molar-refractivity contribution in [3.05, 3.63) is 93.4 Å². The fourth-order valence-corrected chi connectivity index (χ4v) is 4.30. The number of aromatic nitrogens is 1. The van der Waals surface area contributed by atoms with Gasteiger partial charge in [0, 0.05) is 24.8 Å². The number of benzene rings is 2. The number of rotatable bonds is 9. The highest BCUT2D eigenvalue weighted by Crippen LogP contribution is 2.22. The summed E-state index contributed by atoms with van der Waals surface area (Å²) in [6, 6.07) is 14.9. The lowest BCUT2D eigenvalue weighted by Gasteiger charge is -2.24. The third kappa shape index (κ3) is 6.21. The summed E-state index contributed by atoms with van der Waals surface area (Å²) in [6.45, 7) is 2.04. The number of carbonyl (C=O) groups excluding carboxylic acids is 3. The predicted octanol–water partition coefficient (Wildman–Crippen LogP) is 2.91. The fourth-order valence-electron chi connectivity index (χ4n) is 4.12. The summed E-state index contributed by atoms with van der Waals surface area (Å²) < 4.78 is 11.8. The Balaban J connectivity index is 1.63. The molecular formula is C27H27ClN4O6. The van der Waals surface area contributed by atoms with Crippen LogP contribution in [0.2, 0.25) is 5.02 Å². The molecule has 1 aliphatic rings. The summed E-state index contributed by atoms with van der Waals surface area (Å²) in [7, 11) is 0. The number of nitrogens with two attached hydrogens (primary N) is 1. The molecule has 0 bridgehead atoms. The summed E-state index contributed by atoms with van der Waals surface area (Å²) in [6.07, 6.45) is 0.687. The third-order valence-electron chi connectivity index (χ3n) is 6.02. The molecule has 1 aliphatic heterocycles. The SMILES string of the molecule is CCO[C@@H]1OC(=O)C[C@@H]1NC(=O)[C@@H](Cc1ccccc1)n1cccc(NC(=O)c2ccc(N)c(Cl)c2)c1=O. The second-order valence-corrected chi connectivity index (χ2v) is 9.07. The van der Waals surface area contributed by atoms with Gasteiger partial charge in [-0.05, 0) is 42.8 Å². The van der Waals surface area contributed by atoms with Gasteiger partial charge in [0.1, 0.15) is 17.8 Å². The van der Waals surface area contributed by atoms with Crippen LogP contribution >= 0.6 is 11.6 Å². The van der Waals surface area contributed by atoms with E-state index in [1.807, 2.05) is 30.3 Å². The zero-order valence-corrected chi connectivity index (χ0v) is 21.3. The lowest BCUT2D eigenvalue weighted by atomic mass is 10.0. The van der Waals surface area contributed by atoms with Crippen molar-refractivity contribution in [2.75, 3.05) is 17.7 Å². The minimum absolute atomic E-state index is 0.0251. The van der Waals surface area contributed by atoms with Crippen LogP contribution in [0.4, 0.5) is 11.4 Å². The van der Waals surface area contributed by atoms with Crippen LogP contribution in [0.1, 0.15) is 35.3 Å². The van der Waals surface area contributed by atoms with E-state index in [0.717, 1.165) is 5.56 Å². The normalized spacial score (nSPS) is 17.5. The van der Waals surface area contributed by atoms with E-state index in [-0.39, 0.29) is 35.7 Å². The Labute approximate surface area is 223 Å². The molecule has 2 aromatic carbocycles. The highest BCUT2D eigenvalue weighted by atomic mass is 35.5. The number of nitrogen functional groups attached to an aromatic ring is 1. The molecule has 3 atom stereocenters. The molecule has 198 valence electrons. The van der Waals surface area contributed by atoms with Crippen molar-refractivity contribution in [3.8, 4) is 0 Å². The van der Waals surface area contributed by atoms with Gasteiger partial charge < -0.3 is 30.4 Å². The van der Waals surface area contributed by atoms with Gasteiger partial charge in [-0.1, -0.05) is 41.9 Å². The number of amides is 2. The van der Waals surface area contributed by atoms with Crippen LogP contribution in [-0.4, -0.2) is 41.3 Å². The molecule has 4 N–H and O–H groups in total. The van der Waals surface area contributed by atoms with Crippen LogP contribution in [0, 0.1) is 0 Å². The number of esters is 1. The Kier molecular flexibility index (Phi) is 8.45. The van der Waals surface area contributed by atoms with Gasteiger partial charge in [-0.15, -0.1) is 0 Å². The summed E-state index contributed by atoms with van der Waals surface area (Å²) in [5, 5.41) is 5.60. The Morgan fingerprint density at radius 3 is 2.63 bits per heavy atom. The highest BCUT2D eigenvalue weighted by Gasteiger charge is 2.38. The van der Waals surface area contributed by atoms with Crippen molar-refractivity contribution in [3.63, 3.8) is 0 Å². The molecule has 0 aliphatic carbocycles. The number of ether oxygens (including phenoxy) is 2. The van der Waals surface area contributed by atoms with E-state index in [2.05, 4.69) is 10.6 Å². The van der Waals surface area contributed by atoms with Crippen molar-refractivity contribution >= 4 is 40.8 Å². The summed E-state index contributed by atoms with van der Waals surface area (Å²) >= 11 is 6.03. The first-order chi connectivity index (χ1) is 18.3. The van der Waals surface area contributed by atoms with Crippen LogP contribution in [0.25, 0.3) is 0 Å². The van der Waals surface area contributed by atoms with Crippen molar-refractivity contribution in [1.82, 2.24) is 9.88 Å². The molecule has 10 nitrogen and oxygen atoms in total. The summed E-state index contributed by atoms with van der Waals surface area (Å²) in [5.41, 5.74) is 6.45. The minimum atomic E-state index is -0.995. The van der Waals surface area contributed by atoms with E-state index in [0.29, 0.717) is 5.69 Å². The molecule has 4 rings (SSSR count). The van der Waals surface area contributed by atoms with Crippen molar-refractivity contribution in [2.45, 2.75) is 38.1 Å². The van der Waals surface area contributed by atoms with Crippen LogP contribution in [0.5, 0.6) is 0 Å². The zero-order valence-electron chi connectivity index (χ0n) is 20.6. The summed E-state index contributed by atoms with van der Waals surface area (Å²) in [4.78, 5) is 51.6. The molecule has 1 saturated heterocycles. The monoisotopic (exact) mass is 538 g/mol. The zero-order chi connectivity index (χ0) is 27.2. The van der Waals surface area contributed by atoms with Crippen molar-refractivity contribution in [2.24, 2.45) is 0 Å². The molecule has 11 heteroatoms. The van der Waals surface area contributed by atoms with E-state index < -0.39 is 41.7 Å². The molecule has 38 heavy (non-hydrogen) atoms. The van der Waals surface area contributed by atoms with Gasteiger partial charge in [-0.25, -0.2) is 0 Å². The topological polar surface area (TPSA) is 142 Å². The molecular weight excluding hydrogens is 512 g/mol. The molecule has 1 fully saturated rings. The van der Waals surface area contributed by atoms with Crippen LogP contribution in [-0.2, 0) is 25.5 Å². The van der Waals surface area contributed by atoms with Crippen LogP contribution in [0.3, 0.4) is 0 Å². The number of anilines is 2. The maximum Gasteiger partial charge on any atom is 0.310 e. The number of halogens is 1. The highest BCUT2D eigenvalue weighted by molar-refractivity contribution is 6.33. The van der Waals surface area contributed by atoms with Gasteiger partial charge in [-0.2, -0.15) is 0 Å². The minimum Gasteiger partial charge on any atom is -0.433 e. The number of pyridine rings is 1. The van der Waals surface area contributed by atoms with Gasteiger partial charge in [0.25, 0.3) is 11.5 Å². The molecule has 2 heterocycles. The van der Waals surface area contributed by atoms with Gasteiger partial charge in [0.05, 0.1) is 17.1 Å². The van der Waals surface area contributed by atoms with E-state index in [1.54, 1.807) is 13.0 Å². The second kappa shape index (κ2) is 11.9. The lowest BCUT2D eigenvalue weighted by molar-refractivity contribution is -0.164. The van der Waals surface area contributed by atoms with E-state index in [1.165, 1.54) is 35.0 Å². The van der Waals surface area contributed by atoms with E-state index in [9.17, 15) is 19.2 Å². The molecule has 0 spiro atoms. The maximum atomic E-state index is 13.5. The van der Waals surface area contributed by atoms with Crippen molar-refractivity contribution < 1.29 is 23.9 Å². The third-order valence-corrected chi connectivity index (χ3v) is 6.34. The molecule has 1 aromatic heterocycles. The Morgan fingerprint density at radius 1 is 1.16 bits per heavy atom. The Morgan fingerprint density at radius 2 is 1.92 bits per heavy atom. The average Bonchev–Trinajstić information content (AvgIpc) is 3.24. The first-order valence-electron chi connectivity index (χ1n) is 12.0. The van der Waals surface area contributed by atoms with Crippen LogP contribution < -0.4 is 21.9 Å². The smallest absolute Gasteiger partial charge is 0.310 e. The van der Waals surface area contributed by atoms with Gasteiger partial charge >= 0.3 is 5.97 Å². The molecule has 0 radical (unpaired) electrons. The molecule has 0 saturated carbocycles. The first kappa shape index (κ1) is 26.9. The molecule has 3 aromatic rings. The van der Waals surface area contributed by atoms with Gasteiger partial charge in [-0.3, -0.25) is 19.2 Å². The largest absolute Gasteiger partial charge is 0.433 e. The average molecular weight is 539 g/mol. The quantitative estimate of drug-likeness (QED) is 0.281. The van der Waals surface area contributed by atoms with Gasteiger partial charge in [0.15, 0.2) is 0 Å². The molecule has 0 unspecified atom stereocenters. The maximum absolute atomic E-state index is 13.5. The number of hydrogen-bond acceptors (Lipinski definition) is 7. The summed E-state index contributed by atoms with van der Waals surface area (Å²) in [5.74, 6) is -1.55. The van der Waals surface area contributed by atoms with E-state index >= 15 is 0 Å². The number of nitrogens with one attached hydrogen (secondary N) is 2. The molecule has 2 amide bonds. The van der Waals surface area contributed by atoms with Crippen molar-refractivity contribution in [1.29, 1.82) is 0 Å². The van der Waals surface area contributed by atoms with Crippen LogP contribution in [0.15, 0.2) is 71.7 Å². The fraction of sp³-hybridized carbons (Fsp3) is 0.259. The number of hydrogen-bond donors (Lipinski definition) is 3. The lowest BCUT2D eigenvalue weighted by Crippen LogP contribution is -2.46. The Hall–Kier alpha value is -4.15. The van der Waals surface area contributed by atoms with Gasteiger partial charge in [0.2, 0.25) is 12.2 Å². The Bertz CT molecular complexity index is 1390. The first-order valence-corrected chi connectivity index (χ1v) is 12.4. The number of nitrogens with zero attached hydrogens (tertiary/aromatic N) is 1. The number of cyclic esters (lactones) is 1. The predicted molar refractivity (Wildman–Crippen MR) is 142 cm³/mol. The second-order valence-electron chi connectivity index (χ2n) is 8.66.